The molecule has 1 saturated carbocycles. The van der Waals surface area contributed by atoms with Gasteiger partial charge in [-0.25, -0.2) is 0 Å². The van der Waals surface area contributed by atoms with Gasteiger partial charge in [-0.1, -0.05) is 114 Å². The number of rotatable bonds is 13. The van der Waals surface area contributed by atoms with E-state index >= 15 is 0 Å². The predicted molar refractivity (Wildman–Crippen MR) is 142 cm³/mol. The number of nitrogens with zero attached hydrogens (tertiary/aromatic N) is 1. The lowest BCUT2D eigenvalue weighted by molar-refractivity contribution is 0.223. The lowest BCUT2D eigenvalue weighted by Crippen LogP contribution is -2.25. The number of hydrogen-bond acceptors (Lipinski definition) is 1. The predicted octanol–water partition coefficient (Wildman–Crippen LogP) is 10.0. The summed E-state index contributed by atoms with van der Waals surface area (Å²) in [5, 5.41) is 9.82. The van der Waals surface area contributed by atoms with E-state index in [0.717, 1.165) is 32.1 Å². The maximum absolute atomic E-state index is 9.82. The lowest BCUT2D eigenvalue weighted by atomic mass is 9.67. The normalized spacial score (nSPS) is 20.5. The van der Waals surface area contributed by atoms with E-state index in [1.165, 1.54) is 86.5 Å². The molecule has 1 aliphatic carbocycles. The molecule has 178 valence electrons. The van der Waals surface area contributed by atoms with E-state index in [4.69, 9.17) is 0 Å². The molecule has 1 heteroatoms. The van der Waals surface area contributed by atoms with Crippen molar-refractivity contribution >= 4 is 0 Å². The monoisotopic (exact) mass is 443 g/mol. The number of hydrogen-bond donors (Lipinski definition) is 0. The molecular formula is C32H45N. The lowest BCUT2D eigenvalue weighted by Gasteiger charge is -2.35. The fourth-order valence-electron chi connectivity index (χ4n) is 5.56. The molecule has 0 heterocycles. The Morgan fingerprint density at radius 2 is 1.27 bits per heavy atom. The van der Waals surface area contributed by atoms with Crippen molar-refractivity contribution in [2.45, 2.75) is 116 Å². The first-order valence-corrected chi connectivity index (χ1v) is 13.8. The highest BCUT2D eigenvalue weighted by atomic mass is 14.4. The minimum absolute atomic E-state index is 0.0527. The second-order valence-corrected chi connectivity index (χ2v) is 10.5. The molecule has 3 rings (SSSR count). The van der Waals surface area contributed by atoms with Gasteiger partial charge >= 0.3 is 0 Å². The van der Waals surface area contributed by atoms with E-state index in [1.807, 2.05) is 0 Å². The molecule has 2 aromatic carbocycles. The summed E-state index contributed by atoms with van der Waals surface area (Å²) in [6.07, 6.45) is 18.6. The molecule has 0 spiro atoms. The van der Waals surface area contributed by atoms with Crippen LogP contribution in [0.15, 0.2) is 48.5 Å². The molecule has 1 fully saturated rings. The summed E-state index contributed by atoms with van der Waals surface area (Å²) in [7, 11) is 0. The maximum Gasteiger partial charge on any atom is 0.0689 e. The van der Waals surface area contributed by atoms with Crippen LogP contribution in [-0.4, -0.2) is 0 Å². The van der Waals surface area contributed by atoms with Gasteiger partial charge in [0.15, 0.2) is 0 Å². The summed E-state index contributed by atoms with van der Waals surface area (Å²) in [5.41, 5.74) is 5.50. The number of benzene rings is 2. The van der Waals surface area contributed by atoms with Crippen LogP contribution in [-0.2, 0) is 6.42 Å². The van der Waals surface area contributed by atoms with Crippen molar-refractivity contribution in [2.75, 3.05) is 0 Å². The van der Waals surface area contributed by atoms with Crippen molar-refractivity contribution in [1.82, 2.24) is 0 Å². The highest BCUT2D eigenvalue weighted by Gasteiger charge is 2.35. The Morgan fingerprint density at radius 3 is 1.88 bits per heavy atom. The summed E-state index contributed by atoms with van der Waals surface area (Å²) in [4.78, 5) is 0. The molecule has 0 radical (unpaired) electrons. The Bertz CT molecular complexity index is 832. The molecule has 0 amide bonds. The Hall–Kier alpha value is -2.07. The first kappa shape index (κ1) is 25.6. The Labute approximate surface area is 203 Å². The van der Waals surface area contributed by atoms with Crippen molar-refractivity contribution < 1.29 is 0 Å². The van der Waals surface area contributed by atoms with Crippen LogP contribution in [0.2, 0.25) is 0 Å². The van der Waals surface area contributed by atoms with Crippen LogP contribution < -0.4 is 0 Å². The van der Waals surface area contributed by atoms with Crippen LogP contribution in [0.1, 0.15) is 121 Å². The number of aryl methyl sites for hydroxylation is 1. The first-order valence-electron chi connectivity index (χ1n) is 13.8. The fourth-order valence-corrected chi connectivity index (χ4v) is 5.56. The van der Waals surface area contributed by atoms with E-state index < -0.39 is 0 Å². The van der Waals surface area contributed by atoms with Crippen LogP contribution in [0.25, 0.3) is 11.1 Å². The van der Waals surface area contributed by atoms with Crippen LogP contribution in [0, 0.1) is 16.7 Å². The Balaban J connectivity index is 1.49. The molecule has 0 bridgehead atoms. The van der Waals surface area contributed by atoms with Crippen LogP contribution in [0.5, 0.6) is 0 Å². The molecule has 1 aliphatic rings. The third-order valence-corrected chi connectivity index (χ3v) is 7.93. The Morgan fingerprint density at radius 1 is 0.727 bits per heavy atom. The van der Waals surface area contributed by atoms with Crippen molar-refractivity contribution in [1.29, 1.82) is 5.26 Å². The highest BCUT2D eigenvalue weighted by molar-refractivity contribution is 5.64. The summed E-state index contributed by atoms with van der Waals surface area (Å²) in [6.45, 7) is 4.52. The van der Waals surface area contributed by atoms with E-state index in [0.29, 0.717) is 5.92 Å². The first-order chi connectivity index (χ1) is 16.2. The van der Waals surface area contributed by atoms with Gasteiger partial charge < -0.3 is 0 Å². The molecule has 0 N–H and O–H groups in total. The zero-order valence-electron chi connectivity index (χ0n) is 21.2. The molecule has 33 heavy (non-hydrogen) atoms. The zero-order valence-corrected chi connectivity index (χ0v) is 21.2. The average Bonchev–Trinajstić information content (AvgIpc) is 2.87. The van der Waals surface area contributed by atoms with Gasteiger partial charge in [0.05, 0.1) is 11.5 Å². The van der Waals surface area contributed by atoms with Crippen molar-refractivity contribution in [3.05, 3.63) is 59.7 Å². The van der Waals surface area contributed by atoms with E-state index in [2.05, 4.69) is 68.4 Å². The minimum atomic E-state index is -0.0527. The van der Waals surface area contributed by atoms with Gasteiger partial charge in [0.1, 0.15) is 0 Å². The molecule has 0 unspecified atom stereocenters. The van der Waals surface area contributed by atoms with Gasteiger partial charge in [-0.2, -0.15) is 5.26 Å². The molecular weight excluding hydrogens is 398 g/mol. The SMILES string of the molecule is CCCCCCCCc1ccc(-c2ccc([C@H]3CC[C@@](C#N)(CCCCC)CC3)cc2)cc1. The van der Waals surface area contributed by atoms with Gasteiger partial charge in [-0.05, 0) is 73.1 Å². The quantitative estimate of drug-likeness (QED) is 0.282. The third-order valence-electron chi connectivity index (χ3n) is 7.93. The summed E-state index contributed by atoms with van der Waals surface area (Å²) < 4.78 is 0. The number of nitriles is 1. The van der Waals surface area contributed by atoms with Gasteiger partial charge in [0.2, 0.25) is 0 Å². The summed E-state index contributed by atoms with van der Waals surface area (Å²) in [5.74, 6) is 0.617. The second-order valence-electron chi connectivity index (χ2n) is 10.5. The highest BCUT2D eigenvalue weighted by Crippen LogP contribution is 2.45. The molecule has 0 aliphatic heterocycles. The van der Waals surface area contributed by atoms with Crippen LogP contribution >= 0.6 is 0 Å². The van der Waals surface area contributed by atoms with Gasteiger partial charge in [-0.15, -0.1) is 0 Å². The zero-order chi connectivity index (χ0) is 23.4. The third kappa shape index (κ3) is 7.74. The fraction of sp³-hybridized carbons (Fsp3) is 0.594. The largest absolute Gasteiger partial charge is 0.198 e. The minimum Gasteiger partial charge on any atom is -0.198 e. The topological polar surface area (TPSA) is 23.8 Å². The number of unbranched alkanes of at least 4 members (excludes halogenated alkanes) is 7. The van der Waals surface area contributed by atoms with Gasteiger partial charge in [0, 0.05) is 0 Å². The average molecular weight is 444 g/mol. The van der Waals surface area contributed by atoms with Crippen molar-refractivity contribution in [2.24, 2.45) is 5.41 Å². The molecule has 1 nitrogen and oxygen atoms in total. The van der Waals surface area contributed by atoms with Gasteiger partial charge in [0.25, 0.3) is 0 Å². The van der Waals surface area contributed by atoms with E-state index in [-0.39, 0.29) is 5.41 Å². The maximum atomic E-state index is 9.82. The van der Waals surface area contributed by atoms with Gasteiger partial charge in [-0.3, -0.25) is 0 Å². The molecule has 0 atom stereocenters. The second kappa shape index (κ2) is 13.6. The van der Waals surface area contributed by atoms with Crippen LogP contribution in [0.4, 0.5) is 0 Å². The van der Waals surface area contributed by atoms with E-state index in [1.54, 1.807) is 0 Å². The summed E-state index contributed by atoms with van der Waals surface area (Å²) >= 11 is 0. The summed E-state index contributed by atoms with van der Waals surface area (Å²) in [6, 6.07) is 21.2. The van der Waals surface area contributed by atoms with Crippen LogP contribution in [0.3, 0.4) is 0 Å². The molecule has 2 aromatic rings. The molecule has 0 saturated heterocycles. The molecule has 0 aromatic heterocycles. The Kier molecular flexibility index (Phi) is 10.5. The standard InChI is InChI=1S/C32H45N/c1-3-5-7-8-9-10-12-27-13-15-28(16-14-27)29-17-19-30(20-18-29)31-21-24-32(26-33,25-22-31)23-11-6-4-2/h13-20,31H,3-12,21-25H2,1-2H3/t31-,32-. The van der Waals surface area contributed by atoms with Crippen molar-refractivity contribution in [3.63, 3.8) is 0 Å². The van der Waals surface area contributed by atoms with Crippen molar-refractivity contribution in [3.8, 4) is 17.2 Å². The van der Waals surface area contributed by atoms with E-state index in [9.17, 15) is 5.26 Å². The smallest absolute Gasteiger partial charge is 0.0689 e.